The number of aromatic nitrogens is 4. The molecule has 0 unspecified atom stereocenters. The fourth-order valence-electron chi connectivity index (χ4n) is 4.82. The minimum Gasteiger partial charge on any atom is -0.356 e. The van der Waals surface area contributed by atoms with E-state index in [-0.39, 0.29) is 11.8 Å². The summed E-state index contributed by atoms with van der Waals surface area (Å²) in [6.07, 6.45) is 10.4. The number of nitrogens with zero attached hydrogens (tertiary/aromatic N) is 2. The first-order valence-corrected chi connectivity index (χ1v) is 14.5. The summed E-state index contributed by atoms with van der Waals surface area (Å²) in [7, 11) is 0. The van der Waals surface area contributed by atoms with Crippen LogP contribution in [0, 0.1) is 0 Å². The number of unbranched alkanes of at least 4 members (excludes halogenated alkanes) is 6. The van der Waals surface area contributed by atoms with Crippen molar-refractivity contribution in [2.75, 3.05) is 13.1 Å². The van der Waals surface area contributed by atoms with Crippen molar-refractivity contribution in [3.05, 3.63) is 59.2 Å². The molecule has 4 N–H and O–H groups in total. The first-order valence-electron chi connectivity index (χ1n) is 14.5. The maximum Gasteiger partial charge on any atom is 0.224 e. The van der Waals surface area contributed by atoms with Crippen molar-refractivity contribution < 1.29 is 9.59 Å². The van der Waals surface area contributed by atoms with E-state index in [1.807, 2.05) is 36.4 Å². The van der Waals surface area contributed by atoms with Crippen LogP contribution in [0.25, 0.3) is 22.1 Å². The minimum absolute atomic E-state index is 0.0525. The molecule has 4 rings (SSSR count). The summed E-state index contributed by atoms with van der Waals surface area (Å²) >= 11 is 0. The fourth-order valence-corrected chi connectivity index (χ4v) is 4.82. The average Bonchev–Trinajstić information content (AvgIpc) is 3.50. The second-order valence-electron chi connectivity index (χ2n) is 10.4. The van der Waals surface area contributed by atoms with E-state index in [1.54, 1.807) is 0 Å². The van der Waals surface area contributed by atoms with Crippen LogP contribution in [0.3, 0.4) is 0 Å². The van der Waals surface area contributed by atoms with Crippen molar-refractivity contribution in [2.45, 2.75) is 84.5 Å². The first-order chi connectivity index (χ1) is 19.0. The predicted octanol–water partition coefficient (Wildman–Crippen LogP) is 5.51. The number of fused-ring (bicyclic) bond motifs is 2. The zero-order valence-corrected chi connectivity index (χ0v) is 23.4. The van der Waals surface area contributed by atoms with Crippen LogP contribution in [0.15, 0.2) is 36.4 Å². The highest BCUT2D eigenvalue weighted by molar-refractivity contribution is 5.82. The van der Waals surface area contributed by atoms with Gasteiger partial charge in [-0.3, -0.25) is 9.59 Å². The van der Waals surface area contributed by atoms with Crippen molar-refractivity contribution in [2.24, 2.45) is 0 Å². The highest BCUT2D eigenvalue weighted by atomic mass is 16.2. The Hall–Kier alpha value is -3.68. The molecule has 0 saturated heterocycles. The van der Waals surface area contributed by atoms with Gasteiger partial charge in [0.2, 0.25) is 11.8 Å². The predicted molar refractivity (Wildman–Crippen MR) is 157 cm³/mol. The third-order valence-corrected chi connectivity index (χ3v) is 6.96. The molecule has 4 aromatic rings. The maximum absolute atomic E-state index is 12.3. The molecule has 8 heteroatoms. The molecule has 39 heavy (non-hydrogen) atoms. The molecule has 0 aliphatic heterocycles. The lowest BCUT2D eigenvalue weighted by Gasteiger charge is -2.05. The Morgan fingerprint density at radius 3 is 1.56 bits per heavy atom. The Bertz CT molecular complexity index is 1270. The largest absolute Gasteiger partial charge is 0.356 e. The van der Waals surface area contributed by atoms with Gasteiger partial charge in [0.05, 0.1) is 41.3 Å². The molecule has 8 nitrogen and oxygen atoms in total. The summed E-state index contributed by atoms with van der Waals surface area (Å²) in [5.74, 6) is 1.72. The van der Waals surface area contributed by atoms with Crippen molar-refractivity contribution in [1.29, 1.82) is 0 Å². The van der Waals surface area contributed by atoms with Gasteiger partial charge < -0.3 is 20.6 Å². The monoisotopic (exact) mass is 530 g/mol. The molecule has 0 spiro atoms. The van der Waals surface area contributed by atoms with E-state index >= 15 is 0 Å². The molecule has 0 fully saturated rings. The van der Waals surface area contributed by atoms with E-state index in [0.29, 0.717) is 19.3 Å². The molecule has 2 amide bonds. The van der Waals surface area contributed by atoms with Crippen LogP contribution in [-0.2, 0) is 28.9 Å². The number of benzene rings is 2. The third-order valence-electron chi connectivity index (χ3n) is 6.96. The van der Waals surface area contributed by atoms with Gasteiger partial charge in [0.1, 0.15) is 11.6 Å². The van der Waals surface area contributed by atoms with E-state index < -0.39 is 0 Å². The van der Waals surface area contributed by atoms with E-state index in [0.717, 1.165) is 83.6 Å². The summed E-state index contributed by atoms with van der Waals surface area (Å²) in [5, 5.41) is 6.04. The van der Waals surface area contributed by atoms with Gasteiger partial charge >= 0.3 is 0 Å². The van der Waals surface area contributed by atoms with E-state index in [1.165, 1.54) is 25.7 Å². The number of H-pyrrole nitrogens is 2. The van der Waals surface area contributed by atoms with Crippen LogP contribution in [0.4, 0.5) is 0 Å². The van der Waals surface area contributed by atoms with Crippen LogP contribution in [0.5, 0.6) is 0 Å². The molecule has 0 aliphatic carbocycles. The second kappa shape index (κ2) is 14.5. The number of carbonyl (C=O) groups excluding carboxylic acids is 2. The number of rotatable bonds is 16. The molecule has 0 saturated carbocycles. The number of nitrogens with one attached hydrogen (secondary N) is 4. The number of hydrogen-bond donors (Lipinski definition) is 4. The van der Waals surface area contributed by atoms with Gasteiger partial charge in [-0.05, 0) is 48.2 Å². The van der Waals surface area contributed by atoms with Crippen molar-refractivity contribution in [3.63, 3.8) is 0 Å². The fraction of sp³-hybridized carbons (Fsp3) is 0.484. The zero-order valence-electron chi connectivity index (χ0n) is 23.4. The number of hydrogen-bond acceptors (Lipinski definition) is 4. The van der Waals surface area contributed by atoms with Crippen molar-refractivity contribution in [1.82, 2.24) is 30.6 Å². The standard InChI is InChI=1S/C31H42N6O2/c1-3-5-7-9-15-32-30(38)19-22-11-13-24-26(17-22)36-28(34-24)21-29-35-25-14-12-23(18-27(25)37-29)20-31(39)33-16-10-8-6-4-2/h11-14,17-18H,3-10,15-16,19-21H2,1-2H3,(H,32,38)(H,33,39)(H,34,36)(H,35,37). The molecule has 0 bridgehead atoms. The van der Waals surface area contributed by atoms with Gasteiger partial charge in [0.25, 0.3) is 0 Å². The van der Waals surface area contributed by atoms with E-state index in [4.69, 9.17) is 9.97 Å². The lowest BCUT2D eigenvalue weighted by atomic mass is 10.1. The van der Waals surface area contributed by atoms with Crippen molar-refractivity contribution >= 4 is 33.9 Å². The average molecular weight is 531 g/mol. The van der Waals surface area contributed by atoms with E-state index in [9.17, 15) is 9.59 Å². The van der Waals surface area contributed by atoms with E-state index in [2.05, 4.69) is 34.4 Å². The third kappa shape index (κ3) is 8.67. The van der Waals surface area contributed by atoms with Gasteiger partial charge in [-0.25, -0.2) is 9.97 Å². The summed E-state index contributed by atoms with van der Waals surface area (Å²) in [4.78, 5) is 40.8. The molecule has 0 atom stereocenters. The Morgan fingerprint density at radius 1 is 0.667 bits per heavy atom. The van der Waals surface area contributed by atoms with Crippen LogP contribution >= 0.6 is 0 Å². The summed E-state index contributed by atoms with van der Waals surface area (Å²) in [6.45, 7) is 5.84. The minimum atomic E-state index is 0.0525. The Balaban J connectivity index is 1.32. The number of imidazole rings is 2. The van der Waals surface area contributed by atoms with Gasteiger partial charge in [0, 0.05) is 13.1 Å². The van der Waals surface area contributed by atoms with Gasteiger partial charge in [-0.2, -0.15) is 0 Å². The molecular weight excluding hydrogens is 488 g/mol. The first kappa shape index (κ1) is 28.3. The molecule has 0 radical (unpaired) electrons. The second-order valence-corrected chi connectivity index (χ2v) is 10.4. The lowest BCUT2D eigenvalue weighted by Crippen LogP contribution is -2.26. The van der Waals surface area contributed by atoms with Crippen LogP contribution in [-0.4, -0.2) is 44.8 Å². The van der Waals surface area contributed by atoms with Crippen LogP contribution < -0.4 is 10.6 Å². The topological polar surface area (TPSA) is 116 Å². The normalized spacial score (nSPS) is 11.3. The molecule has 2 aromatic carbocycles. The Kier molecular flexibility index (Phi) is 10.5. The van der Waals surface area contributed by atoms with Crippen LogP contribution in [0.1, 0.15) is 88.0 Å². The maximum atomic E-state index is 12.3. The van der Waals surface area contributed by atoms with Gasteiger partial charge in [-0.1, -0.05) is 64.5 Å². The molecule has 0 aliphatic rings. The molecule has 2 heterocycles. The SMILES string of the molecule is CCCCCCNC(=O)Cc1ccc2nc(Cc3nc4ccc(CC(=O)NCCCCCC)cc4[nH]3)[nH]c2c1. The summed E-state index contributed by atoms with van der Waals surface area (Å²) in [6, 6.07) is 11.9. The van der Waals surface area contributed by atoms with Crippen LogP contribution in [0.2, 0.25) is 0 Å². The Labute approximate surface area is 230 Å². The molecule has 2 aromatic heterocycles. The molecular formula is C31H42N6O2. The highest BCUT2D eigenvalue weighted by Gasteiger charge is 2.11. The Morgan fingerprint density at radius 2 is 1.13 bits per heavy atom. The zero-order chi connectivity index (χ0) is 27.5. The quantitative estimate of drug-likeness (QED) is 0.143. The molecule has 208 valence electrons. The lowest BCUT2D eigenvalue weighted by molar-refractivity contribution is -0.121. The smallest absolute Gasteiger partial charge is 0.224 e. The number of carbonyl (C=O) groups is 2. The van der Waals surface area contributed by atoms with Gasteiger partial charge in [-0.15, -0.1) is 0 Å². The number of amides is 2. The number of aromatic amines is 2. The summed E-state index contributed by atoms with van der Waals surface area (Å²) in [5.41, 5.74) is 5.49. The highest BCUT2D eigenvalue weighted by Crippen LogP contribution is 2.19. The van der Waals surface area contributed by atoms with Gasteiger partial charge in [0.15, 0.2) is 0 Å². The van der Waals surface area contributed by atoms with Crippen molar-refractivity contribution in [3.8, 4) is 0 Å². The summed E-state index contributed by atoms with van der Waals surface area (Å²) < 4.78 is 0.